The lowest BCUT2D eigenvalue weighted by molar-refractivity contribution is -0.0496. The van der Waals surface area contributed by atoms with Crippen LogP contribution in [-0.4, -0.2) is 49.6 Å². The van der Waals surface area contributed by atoms with Crippen LogP contribution < -0.4 is 5.32 Å². The third-order valence-corrected chi connectivity index (χ3v) is 4.77. The molecule has 10 heteroatoms. The summed E-state index contributed by atoms with van der Waals surface area (Å²) < 4.78 is 65.3. The van der Waals surface area contributed by atoms with Gasteiger partial charge >= 0.3 is 21.6 Å². The summed E-state index contributed by atoms with van der Waals surface area (Å²) in [5, 5.41) is 2.54. The number of amides is 1. The van der Waals surface area contributed by atoms with Crippen LogP contribution >= 0.6 is 0 Å². The standard InChI is InChI=1S/C12H21F3N2O4S/c1-11(2,3)21-10(18)16-8-9-4-6-17(7-5-9)22(19,20)12(13,14)15/h9H,4-8H2,1-3H3,(H,16,18). The van der Waals surface area contributed by atoms with E-state index in [2.05, 4.69) is 5.32 Å². The van der Waals surface area contributed by atoms with Crippen molar-refractivity contribution in [2.45, 2.75) is 44.7 Å². The Kier molecular flexibility index (Phi) is 5.71. The Morgan fingerprint density at radius 3 is 2.14 bits per heavy atom. The van der Waals surface area contributed by atoms with Crippen LogP contribution in [0.2, 0.25) is 0 Å². The van der Waals surface area contributed by atoms with Gasteiger partial charge in [-0.1, -0.05) is 0 Å². The van der Waals surface area contributed by atoms with Gasteiger partial charge < -0.3 is 10.1 Å². The summed E-state index contributed by atoms with van der Waals surface area (Å²) in [4.78, 5) is 11.5. The molecule has 130 valence electrons. The molecule has 0 aliphatic carbocycles. The predicted octanol–water partition coefficient (Wildman–Crippen LogP) is 2.07. The number of sulfonamides is 1. The van der Waals surface area contributed by atoms with E-state index in [0.717, 1.165) is 0 Å². The van der Waals surface area contributed by atoms with Gasteiger partial charge in [0, 0.05) is 19.6 Å². The third-order valence-electron chi connectivity index (χ3n) is 3.14. The molecule has 1 heterocycles. The highest BCUT2D eigenvalue weighted by atomic mass is 32.2. The van der Waals surface area contributed by atoms with Crippen molar-refractivity contribution in [1.82, 2.24) is 9.62 Å². The zero-order valence-corrected chi connectivity index (χ0v) is 13.6. The zero-order valence-electron chi connectivity index (χ0n) is 12.7. The molecule has 1 fully saturated rings. The van der Waals surface area contributed by atoms with Crippen molar-refractivity contribution in [3.63, 3.8) is 0 Å². The van der Waals surface area contributed by atoms with E-state index in [-0.39, 0.29) is 38.4 Å². The highest BCUT2D eigenvalue weighted by molar-refractivity contribution is 7.90. The molecule has 0 saturated carbocycles. The molecular weight excluding hydrogens is 325 g/mol. The molecule has 0 aromatic heterocycles. The van der Waals surface area contributed by atoms with Crippen LogP contribution in [0, 0.1) is 5.92 Å². The average Bonchev–Trinajstić information content (AvgIpc) is 2.33. The lowest BCUT2D eigenvalue weighted by Crippen LogP contribution is -2.46. The Labute approximate surface area is 128 Å². The quantitative estimate of drug-likeness (QED) is 0.849. The molecule has 1 amide bonds. The minimum Gasteiger partial charge on any atom is -0.444 e. The van der Waals surface area contributed by atoms with Crippen molar-refractivity contribution in [2.24, 2.45) is 5.92 Å². The van der Waals surface area contributed by atoms with E-state index in [1.807, 2.05) is 0 Å². The number of rotatable bonds is 3. The molecule has 1 rings (SSSR count). The first-order chi connectivity index (χ1) is 9.83. The maximum atomic E-state index is 12.4. The number of nitrogens with one attached hydrogen (secondary N) is 1. The Balaban J connectivity index is 2.42. The van der Waals surface area contributed by atoms with Gasteiger partial charge in [0.05, 0.1) is 0 Å². The minimum absolute atomic E-state index is 0.0767. The van der Waals surface area contributed by atoms with Crippen LogP contribution in [0.3, 0.4) is 0 Å². The average molecular weight is 346 g/mol. The summed E-state index contributed by atoms with van der Waals surface area (Å²) in [5.74, 6) is -0.0767. The third kappa shape index (κ3) is 5.31. The van der Waals surface area contributed by atoms with E-state index in [0.29, 0.717) is 4.31 Å². The van der Waals surface area contributed by atoms with E-state index in [1.54, 1.807) is 20.8 Å². The molecule has 1 saturated heterocycles. The topological polar surface area (TPSA) is 75.7 Å². The van der Waals surface area contributed by atoms with Crippen LogP contribution in [0.25, 0.3) is 0 Å². The van der Waals surface area contributed by atoms with Crippen molar-refractivity contribution in [3.8, 4) is 0 Å². The molecule has 0 radical (unpaired) electrons. The smallest absolute Gasteiger partial charge is 0.444 e. The second kappa shape index (κ2) is 6.61. The molecule has 0 aromatic carbocycles. The highest BCUT2D eigenvalue weighted by Gasteiger charge is 2.50. The lowest BCUT2D eigenvalue weighted by atomic mass is 9.98. The first kappa shape index (κ1) is 19.0. The normalized spacial score (nSPS) is 19.0. The Bertz CT molecular complexity index is 491. The fourth-order valence-corrected chi connectivity index (χ4v) is 3.03. The summed E-state index contributed by atoms with van der Waals surface area (Å²) in [6.45, 7) is 4.98. The van der Waals surface area contributed by atoms with E-state index >= 15 is 0 Å². The van der Waals surface area contributed by atoms with Crippen LogP contribution in [0.5, 0.6) is 0 Å². The fourth-order valence-electron chi connectivity index (χ4n) is 2.04. The van der Waals surface area contributed by atoms with Gasteiger partial charge in [0.25, 0.3) is 0 Å². The van der Waals surface area contributed by atoms with Gasteiger partial charge in [-0.2, -0.15) is 17.5 Å². The number of piperidine rings is 1. The fraction of sp³-hybridized carbons (Fsp3) is 0.917. The molecule has 1 aliphatic rings. The molecule has 22 heavy (non-hydrogen) atoms. The van der Waals surface area contributed by atoms with E-state index in [9.17, 15) is 26.4 Å². The van der Waals surface area contributed by atoms with Crippen LogP contribution in [-0.2, 0) is 14.8 Å². The monoisotopic (exact) mass is 346 g/mol. The number of halogens is 3. The number of carbonyl (C=O) groups excluding carboxylic acids is 1. The maximum absolute atomic E-state index is 12.4. The van der Waals surface area contributed by atoms with Crippen molar-refractivity contribution >= 4 is 16.1 Å². The summed E-state index contributed by atoms with van der Waals surface area (Å²) in [7, 11) is -5.26. The van der Waals surface area contributed by atoms with Gasteiger partial charge in [0.15, 0.2) is 0 Å². The summed E-state index contributed by atoms with van der Waals surface area (Å²) in [5.41, 5.74) is -5.90. The SMILES string of the molecule is CC(C)(C)OC(=O)NCC1CCN(S(=O)(=O)C(F)(F)F)CC1. The molecular formula is C12H21F3N2O4S. The summed E-state index contributed by atoms with van der Waals surface area (Å²) in [6, 6.07) is 0. The number of hydrogen-bond acceptors (Lipinski definition) is 4. The number of ether oxygens (including phenoxy) is 1. The Morgan fingerprint density at radius 1 is 1.23 bits per heavy atom. The van der Waals surface area contributed by atoms with Gasteiger partial charge in [-0.3, -0.25) is 0 Å². The van der Waals surface area contributed by atoms with Gasteiger partial charge in [-0.15, -0.1) is 0 Å². The molecule has 0 atom stereocenters. The Hall–Kier alpha value is -1.03. The largest absolute Gasteiger partial charge is 0.511 e. The zero-order chi connectivity index (χ0) is 17.2. The van der Waals surface area contributed by atoms with E-state index < -0.39 is 27.2 Å². The molecule has 0 aromatic rings. The van der Waals surface area contributed by atoms with Crippen LogP contribution in [0.15, 0.2) is 0 Å². The molecule has 0 unspecified atom stereocenters. The molecule has 6 nitrogen and oxygen atoms in total. The summed E-state index contributed by atoms with van der Waals surface area (Å²) >= 11 is 0. The second-order valence-corrected chi connectivity index (χ2v) is 8.11. The van der Waals surface area contributed by atoms with Gasteiger partial charge in [-0.05, 0) is 39.5 Å². The first-order valence-corrected chi connectivity index (χ1v) is 8.30. The first-order valence-electron chi connectivity index (χ1n) is 6.86. The highest BCUT2D eigenvalue weighted by Crippen LogP contribution is 2.30. The van der Waals surface area contributed by atoms with Gasteiger partial charge in [-0.25, -0.2) is 13.2 Å². The lowest BCUT2D eigenvalue weighted by Gasteiger charge is -2.31. The van der Waals surface area contributed by atoms with E-state index in [1.165, 1.54) is 0 Å². The predicted molar refractivity (Wildman–Crippen MR) is 73.5 cm³/mol. The molecule has 0 spiro atoms. The van der Waals surface area contributed by atoms with Crippen molar-refractivity contribution in [3.05, 3.63) is 0 Å². The number of alkyl halides is 3. The van der Waals surface area contributed by atoms with Crippen molar-refractivity contribution in [1.29, 1.82) is 0 Å². The summed E-state index contributed by atoms with van der Waals surface area (Å²) in [6.07, 6.45) is -0.0891. The minimum atomic E-state index is -5.27. The molecule has 1 aliphatic heterocycles. The number of nitrogens with zero attached hydrogens (tertiary/aromatic N) is 1. The molecule has 1 N–H and O–H groups in total. The van der Waals surface area contributed by atoms with Crippen LogP contribution in [0.4, 0.5) is 18.0 Å². The second-order valence-electron chi connectivity index (χ2n) is 6.18. The Morgan fingerprint density at radius 2 is 1.73 bits per heavy atom. The number of hydrogen-bond donors (Lipinski definition) is 1. The van der Waals surface area contributed by atoms with Gasteiger partial charge in [0.2, 0.25) is 0 Å². The van der Waals surface area contributed by atoms with Crippen LogP contribution in [0.1, 0.15) is 33.6 Å². The number of carbonyl (C=O) groups is 1. The van der Waals surface area contributed by atoms with Crippen molar-refractivity contribution < 1.29 is 31.1 Å². The number of alkyl carbamates (subject to hydrolysis) is 1. The van der Waals surface area contributed by atoms with E-state index in [4.69, 9.17) is 4.74 Å². The van der Waals surface area contributed by atoms with Crippen molar-refractivity contribution in [2.75, 3.05) is 19.6 Å². The maximum Gasteiger partial charge on any atom is 0.511 e. The molecule has 0 bridgehead atoms. The van der Waals surface area contributed by atoms with Gasteiger partial charge in [0.1, 0.15) is 5.60 Å².